The number of nitro groups is 3. The summed E-state index contributed by atoms with van der Waals surface area (Å²) in [6.45, 7) is 0. The number of hydrogen-bond acceptors (Lipinski definition) is 7. The lowest BCUT2D eigenvalue weighted by Crippen LogP contribution is -2.14. The highest BCUT2D eigenvalue weighted by Gasteiger charge is 2.25. The Morgan fingerprint density at radius 2 is 1.52 bits per heavy atom. The first-order chi connectivity index (χ1) is 11.7. The summed E-state index contributed by atoms with van der Waals surface area (Å²) in [6, 6.07) is 4.90. The van der Waals surface area contributed by atoms with E-state index in [2.05, 4.69) is 5.32 Å². The molecular weight excluding hydrogens is 343 g/mol. The van der Waals surface area contributed by atoms with Gasteiger partial charge in [-0.25, -0.2) is 0 Å². The van der Waals surface area contributed by atoms with Crippen LogP contribution in [0.15, 0.2) is 36.4 Å². The summed E-state index contributed by atoms with van der Waals surface area (Å²) in [4.78, 5) is 41.6. The SMILES string of the molecule is O=C(Nc1ccc(F)c([N+](=O)[O-])c1)c1ccc([N+](=O)[O-])cc1[N+](=O)[O-]. The number of nitrogens with zero attached hydrogens (tertiary/aromatic N) is 3. The van der Waals surface area contributed by atoms with Crippen molar-refractivity contribution in [3.63, 3.8) is 0 Å². The van der Waals surface area contributed by atoms with E-state index in [0.717, 1.165) is 30.3 Å². The lowest BCUT2D eigenvalue weighted by atomic mass is 10.1. The van der Waals surface area contributed by atoms with E-state index in [1.165, 1.54) is 0 Å². The van der Waals surface area contributed by atoms with Crippen molar-refractivity contribution in [3.8, 4) is 0 Å². The number of amides is 1. The highest BCUT2D eigenvalue weighted by molar-refractivity contribution is 6.07. The molecule has 0 saturated heterocycles. The predicted molar refractivity (Wildman–Crippen MR) is 80.8 cm³/mol. The van der Waals surface area contributed by atoms with Crippen molar-refractivity contribution in [2.75, 3.05) is 5.32 Å². The van der Waals surface area contributed by atoms with Gasteiger partial charge in [0.25, 0.3) is 17.3 Å². The van der Waals surface area contributed by atoms with Gasteiger partial charge in [0.05, 0.1) is 20.8 Å². The molecule has 128 valence electrons. The summed E-state index contributed by atoms with van der Waals surface area (Å²) in [5, 5.41) is 34.5. The molecule has 0 bridgehead atoms. The van der Waals surface area contributed by atoms with E-state index in [-0.39, 0.29) is 5.69 Å². The van der Waals surface area contributed by atoms with Gasteiger partial charge < -0.3 is 5.32 Å². The monoisotopic (exact) mass is 350 g/mol. The van der Waals surface area contributed by atoms with E-state index in [4.69, 9.17) is 0 Å². The molecule has 12 heteroatoms. The fourth-order valence-corrected chi connectivity index (χ4v) is 1.91. The van der Waals surface area contributed by atoms with Gasteiger partial charge in [-0.1, -0.05) is 0 Å². The zero-order valence-electron chi connectivity index (χ0n) is 12.0. The lowest BCUT2D eigenvalue weighted by molar-refractivity contribution is -0.394. The molecule has 0 aliphatic carbocycles. The van der Waals surface area contributed by atoms with E-state index in [9.17, 15) is 39.5 Å². The molecule has 0 radical (unpaired) electrons. The number of halogens is 1. The number of non-ortho nitro benzene ring substituents is 1. The van der Waals surface area contributed by atoms with Gasteiger partial charge in [-0.2, -0.15) is 4.39 Å². The molecule has 0 spiro atoms. The Kier molecular flexibility index (Phi) is 4.63. The molecule has 0 unspecified atom stereocenters. The van der Waals surface area contributed by atoms with Crippen LogP contribution >= 0.6 is 0 Å². The molecule has 0 aliphatic heterocycles. The molecule has 2 aromatic carbocycles. The first-order valence-corrected chi connectivity index (χ1v) is 6.39. The van der Waals surface area contributed by atoms with Gasteiger partial charge in [0, 0.05) is 17.8 Å². The van der Waals surface area contributed by atoms with Crippen molar-refractivity contribution >= 4 is 28.7 Å². The molecule has 0 atom stereocenters. The highest BCUT2D eigenvalue weighted by atomic mass is 19.1. The van der Waals surface area contributed by atoms with Gasteiger partial charge in [0.15, 0.2) is 0 Å². The number of benzene rings is 2. The first-order valence-electron chi connectivity index (χ1n) is 6.39. The number of nitro benzene ring substituents is 3. The molecule has 2 aromatic rings. The van der Waals surface area contributed by atoms with Gasteiger partial charge in [0.2, 0.25) is 5.82 Å². The number of rotatable bonds is 5. The van der Waals surface area contributed by atoms with E-state index in [0.29, 0.717) is 6.07 Å². The molecule has 25 heavy (non-hydrogen) atoms. The van der Waals surface area contributed by atoms with Gasteiger partial charge >= 0.3 is 5.69 Å². The lowest BCUT2D eigenvalue weighted by Gasteiger charge is -2.06. The summed E-state index contributed by atoms with van der Waals surface area (Å²) in [5.74, 6) is -2.16. The van der Waals surface area contributed by atoms with Crippen LogP contribution < -0.4 is 5.32 Å². The average Bonchev–Trinajstić information content (AvgIpc) is 2.55. The quantitative estimate of drug-likeness (QED) is 0.641. The van der Waals surface area contributed by atoms with Crippen LogP contribution in [0.25, 0.3) is 0 Å². The molecule has 11 nitrogen and oxygen atoms in total. The highest BCUT2D eigenvalue weighted by Crippen LogP contribution is 2.27. The Morgan fingerprint density at radius 1 is 0.880 bits per heavy atom. The van der Waals surface area contributed by atoms with Crippen LogP contribution in [0.2, 0.25) is 0 Å². The van der Waals surface area contributed by atoms with E-state index >= 15 is 0 Å². The second-order valence-corrected chi connectivity index (χ2v) is 4.59. The number of carbonyl (C=O) groups is 1. The van der Waals surface area contributed by atoms with Crippen LogP contribution in [0.1, 0.15) is 10.4 Å². The molecule has 0 aromatic heterocycles. The van der Waals surface area contributed by atoms with Gasteiger partial charge in [-0.05, 0) is 18.2 Å². The van der Waals surface area contributed by atoms with Crippen molar-refractivity contribution < 1.29 is 24.0 Å². The van der Waals surface area contributed by atoms with Crippen LogP contribution in [0.3, 0.4) is 0 Å². The van der Waals surface area contributed by atoms with E-state index in [1.54, 1.807) is 0 Å². The molecule has 2 rings (SSSR count). The Labute approximate surface area is 137 Å². The third-order valence-electron chi connectivity index (χ3n) is 3.03. The maximum atomic E-state index is 13.3. The van der Waals surface area contributed by atoms with Gasteiger partial charge in [-0.15, -0.1) is 0 Å². The minimum Gasteiger partial charge on any atom is -0.322 e. The summed E-state index contributed by atoms with van der Waals surface area (Å²) in [5.41, 5.74) is -2.96. The topological polar surface area (TPSA) is 159 Å². The zero-order valence-corrected chi connectivity index (χ0v) is 12.0. The van der Waals surface area contributed by atoms with Crippen molar-refractivity contribution in [2.24, 2.45) is 0 Å². The Bertz CT molecular complexity index is 915. The van der Waals surface area contributed by atoms with Crippen LogP contribution in [0, 0.1) is 36.2 Å². The van der Waals surface area contributed by atoms with Crippen molar-refractivity contribution in [3.05, 3.63) is 78.1 Å². The number of hydrogen-bond donors (Lipinski definition) is 1. The van der Waals surface area contributed by atoms with E-state index in [1.807, 2.05) is 0 Å². The third kappa shape index (κ3) is 3.69. The largest absolute Gasteiger partial charge is 0.322 e. The maximum Gasteiger partial charge on any atom is 0.306 e. The van der Waals surface area contributed by atoms with Gasteiger partial charge in [0.1, 0.15) is 5.56 Å². The summed E-state index contributed by atoms with van der Waals surface area (Å²) in [7, 11) is 0. The summed E-state index contributed by atoms with van der Waals surface area (Å²) >= 11 is 0. The Balaban J connectivity index is 2.38. The Morgan fingerprint density at radius 3 is 2.08 bits per heavy atom. The van der Waals surface area contributed by atoms with Crippen molar-refractivity contribution in [2.45, 2.75) is 0 Å². The first kappa shape index (κ1) is 17.4. The minimum absolute atomic E-state index is 0.175. The smallest absolute Gasteiger partial charge is 0.306 e. The number of anilines is 1. The van der Waals surface area contributed by atoms with Gasteiger partial charge in [-0.3, -0.25) is 35.1 Å². The fraction of sp³-hybridized carbons (Fsp3) is 0. The third-order valence-corrected chi connectivity index (χ3v) is 3.03. The number of nitrogens with one attached hydrogen (secondary N) is 1. The molecule has 0 saturated carbocycles. The van der Waals surface area contributed by atoms with Crippen molar-refractivity contribution in [1.29, 1.82) is 0 Å². The van der Waals surface area contributed by atoms with Crippen molar-refractivity contribution in [1.82, 2.24) is 0 Å². The Hall–Kier alpha value is -3.96. The summed E-state index contributed by atoms with van der Waals surface area (Å²) < 4.78 is 13.3. The second-order valence-electron chi connectivity index (χ2n) is 4.59. The zero-order chi connectivity index (χ0) is 18.7. The molecule has 0 fully saturated rings. The molecule has 0 heterocycles. The van der Waals surface area contributed by atoms with Crippen LogP contribution in [0.5, 0.6) is 0 Å². The average molecular weight is 350 g/mol. The van der Waals surface area contributed by atoms with Crippen LogP contribution in [0.4, 0.5) is 27.1 Å². The minimum atomic E-state index is -1.12. The standard InChI is InChI=1S/C13H7FN4O7/c14-10-4-1-7(5-12(10)18(24)25)15-13(19)9-3-2-8(16(20)21)6-11(9)17(22)23/h1-6H,(H,15,19). The normalized spacial score (nSPS) is 10.1. The molecule has 1 N–H and O–H groups in total. The second kappa shape index (κ2) is 6.66. The maximum absolute atomic E-state index is 13.3. The molecule has 0 aliphatic rings. The van der Waals surface area contributed by atoms with Crippen LogP contribution in [-0.2, 0) is 0 Å². The van der Waals surface area contributed by atoms with Crippen LogP contribution in [-0.4, -0.2) is 20.7 Å². The predicted octanol–water partition coefficient (Wildman–Crippen LogP) is 2.80. The van der Waals surface area contributed by atoms with E-state index < -0.39 is 49.1 Å². The fourth-order valence-electron chi connectivity index (χ4n) is 1.91. The molecule has 1 amide bonds. The summed E-state index contributed by atoms with van der Waals surface area (Å²) in [6.07, 6.45) is 0. The number of carbonyl (C=O) groups excluding carboxylic acids is 1. The molecular formula is C13H7FN4O7.